The van der Waals surface area contributed by atoms with Gasteiger partial charge in [-0.15, -0.1) is 5.06 Å². The van der Waals surface area contributed by atoms with Gasteiger partial charge in [-0.25, -0.2) is 4.79 Å². The number of nitrogens with two attached hydrogens (primary N) is 1. The van der Waals surface area contributed by atoms with E-state index in [1.807, 2.05) is 6.07 Å². The molecule has 1 unspecified atom stereocenters. The molecule has 2 aliphatic rings. The Kier molecular flexibility index (Phi) is 8.71. The average molecular weight is 499 g/mol. The highest BCUT2D eigenvalue weighted by molar-refractivity contribution is 6.06. The van der Waals surface area contributed by atoms with Gasteiger partial charge in [-0.2, -0.15) is 13.2 Å². The third kappa shape index (κ3) is 6.30. The van der Waals surface area contributed by atoms with E-state index in [1.165, 1.54) is 4.90 Å². The van der Waals surface area contributed by atoms with Gasteiger partial charge in [0.15, 0.2) is 0 Å². The highest BCUT2D eigenvalue weighted by Crippen LogP contribution is 2.33. The van der Waals surface area contributed by atoms with E-state index in [9.17, 15) is 32.3 Å². The molecule has 0 spiro atoms. The van der Waals surface area contributed by atoms with Crippen LogP contribution in [0.5, 0.6) is 0 Å². The molecular formula is C23H29F3N4O5. The molecule has 3 N–H and O–H groups in total. The summed E-state index contributed by atoms with van der Waals surface area (Å²) in [6.07, 6.45) is 0.570. The first-order chi connectivity index (χ1) is 16.6. The third-order valence-electron chi connectivity index (χ3n) is 6.07. The Morgan fingerprint density at radius 2 is 1.77 bits per heavy atom. The van der Waals surface area contributed by atoms with Gasteiger partial charge in [0.05, 0.1) is 0 Å². The van der Waals surface area contributed by atoms with E-state index in [2.05, 4.69) is 10.2 Å². The van der Waals surface area contributed by atoms with Crippen LogP contribution in [0, 0.1) is 0 Å². The van der Waals surface area contributed by atoms with E-state index in [-0.39, 0.29) is 24.4 Å². The number of fused-ring (bicyclic) bond motifs is 1. The van der Waals surface area contributed by atoms with E-state index in [0.717, 1.165) is 44.2 Å². The number of halogens is 3. The number of rotatable bonds is 11. The summed E-state index contributed by atoms with van der Waals surface area (Å²) in [6.45, 7) is 1.44. The predicted octanol–water partition coefficient (Wildman–Crippen LogP) is 2.89. The van der Waals surface area contributed by atoms with Crippen LogP contribution in [0.2, 0.25) is 0 Å². The normalized spacial score (nSPS) is 18.2. The number of hydroxylamine groups is 2. The fourth-order valence-electron chi connectivity index (χ4n) is 4.23. The van der Waals surface area contributed by atoms with Crippen LogP contribution in [-0.2, 0) is 25.8 Å². The Bertz CT molecular complexity index is 969. The number of unbranched alkanes of at least 4 members (excludes halogenated alkanes) is 5. The van der Waals surface area contributed by atoms with E-state index in [0.29, 0.717) is 24.2 Å². The quantitative estimate of drug-likeness (QED) is 0.355. The van der Waals surface area contributed by atoms with Gasteiger partial charge in [-0.05, 0) is 37.9 Å². The SMILES string of the molecule is NCCCCCCCCNc1cccc2c1CN(C1CCC(=O)N(OC(=O)C(F)(F)F)C1=O)C2=O. The van der Waals surface area contributed by atoms with Crippen LogP contribution in [0.15, 0.2) is 18.2 Å². The molecule has 0 bridgehead atoms. The highest BCUT2D eigenvalue weighted by atomic mass is 19.4. The molecule has 9 nitrogen and oxygen atoms in total. The van der Waals surface area contributed by atoms with Gasteiger partial charge in [0, 0.05) is 36.3 Å². The molecule has 192 valence electrons. The summed E-state index contributed by atoms with van der Waals surface area (Å²) in [5, 5.41) is 3.14. The van der Waals surface area contributed by atoms with Gasteiger partial charge in [-0.1, -0.05) is 31.7 Å². The smallest absolute Gasteiger partial charge is 0.385 e. The second-order valence-electron chi connectivity index (χ2n) is 8.56. The number of amides is 3. The number of nitrogens with zero attached hydrogens (tertiary/aromatic N) is 2. The molecule has 0 saturated carbocycles. The van der Waals surface area contributed by atoms with Crippen molar-refractivity contribution < 1.29 is 37.2 Å². The number of carbonyl (C=O) groups is 4. The van der Waals surface area contributed by atoms with Crippen molar-refractivity contribution in [3.05, 3.63) is 29.3 Å². The van der Waals surface area contributed by atoms with E-state index in [4.69, 9.17) is 5.73 Å². The molecule has 0 aliphatic carbocycles. The molecule has 2 heterocycles. The molecule has 2 aliphatic heterocycles. The van der Waals surface area contributed by atoms with Crippen molar-refractivity contribution >= 4 is 29.4 Å². The second kappa shape index (κ2) is 11.5. The monoisotopic (exact) mass is 498 g/mol. The number of nitrogens with one attached hydrogen (secondary N) is 1. The first-order valence-corrected chi connectivity index (χ1v) is 11.7. The summed E-state index contributed by atoms with van der Waals surface area (Å²) < 4.78 is 37.7. The van der Waals surface area contributed by atoms with Gasteiger partial charge in [-0.3, -0.25) is 14.4 Å². The Balaban J connectivity index is 1.62. The van der Waals surface area contributed by atoms with E-state index in [1.54, 1.807) is 12.1 Å². The van der Waals surface area contributed by atoms with Crippen LogP contribution in [0.1, 0.15) is 67.3 Å². The molecule has 1 atom stereocenters. The maximum Gasteiger partial charge on any atom is 0.493 e. The maximum atomic E-state index is 13.0. The van der Waals surface area contributed by atoms with Gasteiger partial charge < -0.3 is 20.8 Å². The summed E-state index contributed by atoms with van der Waals surface area (Å²) in [7, 11) is 0. The van der Waals surface area contributed by atoms with Crippen molar-refractivity contribution in [2.75, 3.05) is 18.4 Å². The molecule has 0 aromatic heterocycles. The Morgan fingerprint density at radius 1 is 1.09 bits per heavy atom. The lowest BCUT2D eigenvalue weighted by molar-refractivity contribution is -0.238. The third-order valence-corrected chi connectivity index (χ3v) is 6.07. The zero-order valence-corrected chi connectivity index (χ0v) is 19.2. The lowest BCUT2D eigenvalue weighted by atomic mass is 10.0. The summed E-state index contributed by atoms with van der Waals surface area (Å²) in [6, 6.07) is 3.91. The fourth-order valence-corrected chi connectivity index (χ4v) is 4.23. The molecule has 3 rings (SSSR count). The molecule has 1 fully saturated rings. The Morgan fingerprint density at radius 3 is 2.46 bits per heavy atom. The first kappa shape index (κ1) is 26.5. The van der Waals surface area contributed by atoms with Crippen LogP contribution in [0.25, 0.3) is 0 Å². The molecule has 1 aromatic rings. The maximum absolute atomic E-state index is 13.0. The number of anilines is 1. The zero-order chi connectivity index (χ0) is 25.6. The molecule has 12 heteroatoms. The van der Waals surface area contributed by atoms with Crippen LogP contribution < -0.4 is 11.1 Å². The minimum Gasteiger partial charge on any atom is -0.385 e. The summed E-state index contributed by atoms with van der Waals surface area (Å²) >= 11 is 0. The summed E-state index contributed by atoms with van der Waals surface area (Å²) in [5.41, 5.74) is 7.27. The molecular weight excluding hydrogens is 469 g/mol. The average Bonchev–Trinajstić information content (AvgIpc) is 3.14. The van der Waals surface area contributed by atoms with Gasteiger partial charge in [0.1, 0.15) is 6.04 Å². The van der Waals surface area contributed by atoms with Crippen molar-refractivity contribution in [2.24, 2.45) is 5.73 Å². The van der Waals surface area contributed by atoms with Gasteiger partial charge >= 0.3 is 12.1 Å². The Labute approximate surface area is 200 Å². The fraction of sp³-hybridized carbons (Fsp3) is 0.565. The highest BCUT2D eigenvalue weighted by Gasteiger charge is 2.49. The van der Waals surface area contributed by atoms with Crippen LogP contribution in [-0.4, -0.2) is 59.0 Å². The molecule has 0 radical (unpaired) electrons. The first-order valence-electron chi connectivity index (χ1n) is 11.7. The minimum absolute atomic E-state index is 0.0437. The second-order valence-corrected chi connectivity index (χ2v) is 8.56. The largest absolute Gasteiger partial charge is 0.493 e. The van der Waals surface area contributed by atoms with Crippen molar-refractivity contribution in [2.45, 2.75) is 70.1 Å². The standard InChI is InChI=1S/C23H29F3N4O5/c24-23(25,26)22(34)35-30-19(31)11-10-18(21(30)33)29-14-16-15(20(29)32)8-7-9-17(16)28-13-6-4-2-1-3-5-12-27/h7-9,18,28H,1-6,10-14,27H2. The topological polar surface area (TPSA) is 122 Å². The summed E-state index contributed by atoms with van der Waals surface area (Å²) in [5.74, 6) is -5.40. The van der Waals surface area contributed by atoms with Crippen LogP contribution in [0.4, 0.5) is 18.9 Å². The number of piperidine rings is 1. The number of alkyl halides is 3. The van der Waals surface area contributed by atoms with Crippen LogP contribution >= 0.6 is 0 Å². The number of benzene rings is 1. The van der Waals surface area contributed by atoms with E-state index >= 15 is 0 Å². The minimum atomic E-state index is -5.38. The number of hydrogen-bond acceptors (Lipinski definition) is 7. The van der Waals surface area contributed by atoms with Crippen molar-refractivity contribution in [3.63, 3.8) is 0 Å². The van der Waals surface area contributed by atoms with Crippen LogP contribution in [0.3, 0.4) is 0 Å². The number of carbonyl (C=O) groups excluding carboxylic acids is 4. The predicted molar refractivity (Wildman–Crippen MR) is 119 cm³/mol. The Hall–Kier alpha value is -3.15. The van der Waals surface area contributed by atoms with Crippen molar-refractivity contribution in [3.8, 4) is 0 Å². The molecule has 1 aromatic carbocycles. The zero-order valence-electron chi connectivity index (χ0n) is 19.2. The van der Waals surface area contributed by atoms with Crippen molar-refractivity contribution in [1.82, 2.24) is 9.96 Å². The summed E-state index contributed by atoms with van der Waals surface area (Å²) in [4.78, 5) is 54.1. The molecule has 35 heavy (non-hydrogen) atoms. The molecule has 3 amide bonds. The number of imide groups is 1. The van der Waals surface area contributed by atoms with Gasteiger partial charge in [0.25, 0.3) is 17.7 Å². The molecule has 1 saturated heterocycles. The lowest BCUT2D eigenvalue weighted by Crippen LogP contribution is -2.55. The van der Waals surface area contributed by atoms with Crippen molar-refractivity contribution in [1.29, 1.82) is 0 Å². The van der Waals surface area contributed by atoms with Gasteiger partial charge in [0.2, 0.25) is 0 Å². The van der Waals surface area contributed by atoms with E-state index < -0.39 is 35.9 Å². The number of hydrogen-bond donors (Lipinski definition) is 2. The lowest BCUT2D eigenvalue weighted by Gasteiger charge is -2.33.